The van der Waals surface area contributed by atoms with E-state index in [2.05, 4.69) is 0 Å². The third-order valence-electron chi connectivity index (χ3n) is 4.02. The van der Waals surface area contributed by atoms with Crippen molar-refractivity contribution in [3.63, 3.8) is 0 Å². The molecular formula is C15H17NO4. The van der Waals surface area contributed by atoms with Crippen LogP contribution in [0.5, 0.6) is 0 Å². The van der Waals surface area contributed by atoms with Crippen molar-refractivity contribution in [1.29, 1.82) is 0 Å². The summed E-state index contributed by atoms with van der Waals surface area (Å²) < 4.78 is 5.40. The van der Waals surface area contributed by atoms with Crippen molar-refractivity contribution in [3.8, 4) is 0 Å². The van der Waals surface area contributed by atoms with Crippen LogP contribution in [0.25, 0.3) is 0 Å². The molecule has 0 aromatic heterocycles. The minimum Gasteiger partial charge on any atom is -0.480 e. The number of carboxylic acids is 1. The van der Waals surface area contributed by atoms with Gasteiger partial charge in [0.25, 0.3) is 5.91 Å². The Morgan fingerprint density at radius 3 is 2.65 bits per heavy atom. The highest BCUT2D eigenvalue weighted by molar-refractivity contribution is 5.87. The summed E-state index contributed by atoms with van der Waals surface area (Å²) in [5, 5.41) is 9.39. The SMILES string of the molecule is O=C(O)C1Cc2ccccc2CN1C(=O)[C@H]1CCCO1. The fourth-order valence-corrected chi connectivity index (χ4v) is 2.93. The first kappa shape index (κ1) is 13.1. The van der Waals surface area contributed by atoms with E-state index in [1.807, 2.05) is 24.3 Å². The number of ether oxygens (including phenoxy) is 1. The summed E-state index contributed by atoms with van der Waals surface area (Å²) in [6.45, 7) is 0.935. The predicted octanol–water partition coefficient (Wildman–Crippen LogP) is 1.20. The molecule has 1 aromatic rings. The Labute approximate surface area is 117 Å². The Morgan fingerprint density at radius 1 is 1.25 bits per heavy atom. The second-order valence-electron chi connectivity index (χ2n) is 5.29. The molecule has 5 heteroatoms. The van der Waals surface area contributed by atoms with Crippen LogP contribution < -0.4 is 0 Å². The van der Waals surface area contributed by atoms with Gasteiger partial charge in [0.15, 0.2) is 0 Å². The quantitative estimate of drug-likeness (QED) is 0.880. The van der Waals surface area contributed by atoms with Crippen LogP contribution in [-0.4, -0.2) is 40.6 Å². The highest BCUT2D eigenvalue weighted by atomic mass is 16.5. The third kappa shape index (κ3) is 2.29. The van der Waals surface area contributed by atoms with Crippen molar-refractivity contribution in [2.45, 2.75) is 38.0 Å². The Balaban J connectivity index is 1.88. The van der Waals surface area contributed by atoms with Gasteiger partial charge < -0.3 is 14.7 Å². The van der Waals surface area contributed by atoms with E-state index in [0.717, 1.165) is 17.5 Å². The molecule has 0 radical (unpaired) electrons. The maximum atomic E-state index is 12.5. The van der Waals surface area contributed by atoms with Gasteiger partial charge in [-0.15, -0.1) is 0 Å². The molecule has 1 fully saturated rings. The van der Waals surface area contributed by atoms with Crippen LogP contribution in [0.2, 0.25) is 0 Å². The number of aliphatic carboxylic acids is 1. The lowest BCUT2D eigenvalue weighted by Crippen LogP contribution is -2.51. The fraction of sp³-hybridized carbons (Fsp3) is 0.467. The molecule has 3 rings (SSSR count). The Kier molecular flexibility index (Phi) is 3.44. The molecule has 1 saturated heterocycles. The van der Waals surface area contributed by atoms with Crippen LogP contribution in [0.1, 0.15) is 24.0 Å². The van der Waals surface area contributed by atoms with Crippen molar-refractivity contribution >= 4 is 11.9 Å². The molecule has 1 aromatic carbocycles. The summed E-state index contributed by atoms with van der Waals surface area (Å²) in [5.74, 6) is -1.14. The molecule has 0 aliphatic carbocycles. The van der Waals surface area contributed by atoms with Crippen LogP contribution in [0.3, 0.4) is 0 Å². The zero-order valence-corrected chi connectivity index (χ0v) is 11.1. The summed E-state index contributed by atoms with van der Waals surface area (Å²) in [7, 11) is 0. The summed E-state index contributed by atoms with van der Waals surface area (Å²) in [4.78, 5) is 25.4. The highest BCUT2D eigenvalue weighted by Crippen LogP contribution is 2.26. The monoisotopic (exact) mass is 275 g/mol. The van der Waals surface area contributed by atoms with Crippen molar-refractivity contribution in [3.05, 3.63) is 35.4 Å². The van der Waals surface area contributed by atoms with Crippen LogP contribution in [-0.2, 0) is 27.3 Å². The van der Waals surface area contributed by atoms with Crippen LogP contribution in [0.4, 0.5) is 0 Å². The average Bonchev–Trinajstić information content (AvgIpc) is 2.99. The Hall–Kier alpha value is -1.88. The summed E-state index contributed by atoms with van der Waals surface area (Å²) in [6.07, 6.45) is 1.44. The van der Waals surface area contributed by atoms with Gasteiger partial charge in [-0.2, -0.15) is 0 Å². The van der Waals surface area contributed by atoms with E-state index in [1.165, 1.54) is 4.90 Å². The van der Waals surface area contributed by atoms with E-state index < -0.39 is 18.1 Å². The number of amides is 1. The van der Waals surface area contributed by atoms with Crippen molar-refractivity contribution in [1.82, 2.24) is 4.90 Å². The number of rotatable bonds is 2. The molecule has 20 heavy (non-hydrogen) atoms. The Morgan fingerprint density at radius 2 is 2.00 bits per heavy atom. The molecule has 1 unspecified atom stereocenters. The lowest BCUT2D eigenvalue weighted by molar-refractivity contribution is -0.156. The number of carbonyl (C=O) groups is 2. The maximum Gasteiger partial charge on any atom is 0.326 e. The van der Waals surface area contributed by atoms with Crippen LogP contribution in [0, 0.1) is 0 Å². The zero-order chi connectivity index (χ0) is 14.1. The number of carbonyl (C=O) groups excluding carboxylic acids is 1. The molecule has 2 atom stereocenters. The van der Waals surface area contributed by atoms with E-state index in [4.69, 9.17) is 4.74 Å². The molecular weight excluding hydrogens is 258 g/mol. The normalized spacial score (nSPS) is 25.3. The molecule has 2 heterocycles. The first-order valence-corrected chi connectivity index (χ1v) is 6.88. The summed E-state index contributed by atoms with van der Waals surface area (Å²) in [6, 6.07) is 6.90. The number of hydrogen-bond donors (Lipinski definition) is 1. The van der Waals surface area contributed by atoms with Gasteiger partial charge >= 0.3 is 5.97 Å². The smallest absolute Gasteiger partial charge is 0.326 e. The first-order valence-electron chi connectivity index (χ1n) is 6.88. The van der Waals surface area contributed by atoms with Gasteiger partial charge in [-0.3, -0.25) is 4.79 Å². The van der Waals surface area contributed by atoms with Gasteiger partial charge in [0.1, 0.15) is 12.1 Å². The standard InChI is InChI=1S/C15H17NO4/c17-14(13-6-3-7-20-13)16-9-11-5-2-1-4-10(11)8-12(16)15(18)19/h1-2,4-5,12-13H,3,6-9H2,(H,18,19)/t12?,13-/m1/s1. The second-order valence-corrected chi connectivity index (χ2v) is 5.29. The number of carboxylic acid groups (broad SMARTS) is 1. The molecule has 1 amide bonds. The van der Waals surface area contributed by atoms with Gasteiger partial charge in [-0.25, -0.2) is 4.79 Å². The van der Waals surface area contributed by atoms with Gasteiger partial charge in [-0.1, -0.05) is 24.3 Å². The largest absolute Gasteiger partial charge is 0.480 e. The first-order chi connectivity index (χ1) is 9.66. The van der Waals surface area contributed by atoms with E-state index in [-0.39, 0.29) is 5.91 Å². The number of fused-ring (bicyclic) bond motifs is 1. The van der Waals surface area contributed by atoms with Gasteiger partial charge in [0.2, 0.25) is 0 Å². The molecule has 106 valence electrons. The van der Waals surface area contributed by atoms with Crippen molar-refractivity contribution < 1.29 is 19.4 Å². The molecule has 0 bridgehead atoms. The predicted molar refractivity (Wildman–Crippen MR) is 71.1 cm³/mol. The molecule has 5 nitrogen and oxygen atoms in total. The van der Waals surface area contributed by atoms with Crippen molar-refractivity contribution in [2.75, 3.05) is 6.61 Å². The van der Waals surface area contributed by atoms with Crippen LogP contribution in [0.15, 0.2) is 24.3 Å². The summed E-state index contributed by atoms with van der Waals surface area (Å²) in [5.41, 5.74) is 2.03. The lowest BCUT2D eigenvalue weighted by Gasteiger charge is -2.35. The number of nitrogens with zero attached hydrogens (tertiary/aromatic N) is 1. The van der Waals surface area contributed by atoms with Crippen LogP contribution >= 0.6 is 0 Å². The highest BCUT2D eigenvalue weighted by Gasteiger charge is 2.38. The minimum absolute atomic E-state index is 0.190. The maximum absolute atomic E-state index is 12.5. The van der Waals surface area contributed by atoms with Gasteiger partial charge in [0.05, 0.1) is 0 Å². The third-order valence-corrected chi connectivity index (χ3v) is 4.02. The molecule has 2 aliphatic heterocycles. The molecule has 1 N–H and O–H groups in total. The zero-order valence-electron chi connectivity index (χ0n) is 11.1. The number of hydrogen-bond acceptors (Lipinski definition) is 3. The molecule has 2 aliphatic rings. The van der Waals surface area contributed by atoms with E-state index in [1.54, 1.807) is 0 Å². The topological polar surface area (TPSA) is 66.8 Å². The fourth-order valence-electron chi connectivity index (χ4n) is 2.93. The lowest BCUT2D eigenvalue weighted by atomic mass is 9.93. The van der Waals surface area contributed by atoms with E-state index in [0.29, 0.717) is 26.0 Å². The number of benzene rings is 1. The summed E-state index contributed by atoms with van der Waals surface area (Å²) >= 11 is 0. The average molecular weight is 275 g/mol. The van der Waals surface area contributed by atoms with Crippen molar-refractivity contribution in [2.24, 2.45) is 0 Å². The molecule has 0 saturated carbocycles. The van der Waals surface area contributed by atoms with E-state index in [9.17, 15) is 14.7 Å². The molecule has 0 spiro atoms. The Bertz CT molecular complexity index is 536. The van der Waals surface area contributed by atoms with Gasteiger partial charge in [0, 0.05) is 19.6 Å². The minimum atomic E-state index is -0.953. The van der Waals surface area contributed by atoms with E-state index >= 15 is 0 Å². The second kappa shape index (κ2) is 5.25. The van der Waals surface area contributed by atoms with Gasteiger partial charge in [-0.05, 0) is 24.0 Å².